The predicted molar refractivity (Wildman–Crippen MR) is 101 cm³/mol. The van der Waals surface area contributed by atoms with E-state index in [0.29, 0.717) is 42.5 Å². The average molecular weight is 383 g/mol. The Balaban J connectivity index is 1.40. The third-order valence-corrected chi connectivity index (χ3v) is 4.57. The van der Waals surface area contributed by atoms with E-state index in [9.17, 15) is 9.59 Å². The Morgan fingerprint density at radius 2 is 1.89 bits per heavy atom. The van der Waals surface area contributed by atoms with Gasteiger partial charge in [-0.25, -0.2) is 0 Å². The van der Waals surface area contributed by atoms with Crippen molar-refractivity contribution in [3.8, 4) is 11.5 Å². The van der Waals surface area contributed by atoms with Gasteiger partial charge in [0.1, 0.15) is 18.9 Å². The number of ether oxygens (including phenoxy) is 3. The Labute approximate surface area is 162 Å². The molecule has 1 atom stereocenters. The van der Waals surface area contributed by atoms with Gasteiger partial charge in [-0.15, -0.1) is 0 Å². The number of carbonyl (C=O) groups is 2. The lowest BCUT2D eigenvalue weighted by Gasteiger charge is -2.19. The molecular formula is C20H21N3O5. The van der Waals surface area contributed by atoms with Crippen LogP contribution in [0.15, 0.2) is 36.5 Å². The van der Waals surface area contributed by atoms with Crippen LogP contribution in [-0.4, -0.2) is 49.3 Å². The van der Waals surface area contributed by atoms with Crippen molar-refractivity contribution in [1.82, 2.24) is 10.3 Å². The van der Waals surface area contributed by atoms with Crippen molar-refractivity contribution in [2.24, 2.45) is 0 Å². The highest BCUT2D eigenvalue weighted by Crippen LogP contribution is 2.32. The van der Waals surface area contributed by atoms with E-state index >= 15 is 0 Å². The molecule has 2 aliphatic rings. The van der Waals surface area contributed by atoms with Gasteiger partial charge in [-0.1, -0.05) is 0 Å². The standard InChI is InChI=1S/C20H21N3O5/c24-19(23-14-3-4-17-18(11-14)28-9-8-27-17)13-5-6-21-16(10-13)20(25)22-12-15-2-1-7-26-15/h3-6,10-11,15H,1-2,7-9,12H2,(H,22,25)(H,23,24). The van der Waals surface area contributed by atoms with Crippen molar-refractivity contribution in [2.45, 2.75) is 18.9 Å². The highest BCUT2D eigenvalue weighted by atomic mass is 16.6. The molecule has 0 saturated carbocycles. The highest BCUT2D eigenvalue weighted by molar-refractivity contribution is 6.05. The summed E-state index contributed by atoms with van der Waals surface area (Å²) in [4.78, 5) is 28.9. The second-order valence-electron chi connectivity index (χ2n) is 6.59. The van der Waals surface area contributed by atoms with Crippen LogP contribution in [0.2, 0.25) is 0 Å². The first kappa shape index (κ1) is 18.2. The lowest BCUT2D eigenvalue weighted by atomic mass is 10.2. The molecule has 2 aromatic rings. The summed E-state index contributed by atoms with van der Waals surface area (Å²) >= 11 is 0. The van der Waals surface area contributed by atoms with E-state index in [2.05, 4.69) is 15.6 Å². The minimum Gasteiger partial charge on any atom is -0.486 e. The number of amides is 2. The van der Waals surface area contributed by atoms with Crippen LogP contribution in [0.25, 0.3) is 0 Å². The van der Waals surface area contributed by atoms with Gasteiger partial charge in [0.25, 0.3) is 11.8 Å². The third-order valence-electron chi connectivity index (χ3n) is 4.57. The summed E-state index contributed by atoms with van der Waals surface area (Å²) < 4.78 is 16.5. The quantitative estimate of drug-likeness (QED) is 0.820. The molecule has 28 heavy (non-hydrogen) atoms. The van der Waals surface area contributed by atoms with Gasteiger partial charge in [0.2, 0.25) is 0 Å². The molecule has 0 bridgehead atoms. The molecule has 0 spiro atoms. The van der Waals surface area contributed by atoms with Gasteiger partial charge in [-0.2, -0.15) is 0 Å². The maximum atomic E-state index is 12.6. The summed E-state index contributed by atoms with van der Waals surface area (Å²) in [6.07, 6.45) is 3.44. The number of anilines is 1. The van der Waals surface area contributed by atoms with E-state index in [1.807, 2.05) is 0 Å². The van der Waals surface area contributed by atoms with Gasteiger partial charge in [0, 0.05) is 36.7 Å². The summed E-state index contributed by atoms with van der Waals surface area (Å²) in [6.45, 7) is 2.15. The topological polar surface area (TPSA) is 98.8 Å². The number of nitrogens with one attached hydrogen (secondary N) is 2. The minimum atomic E-state index is -0.341. The Bertz CT molecular complexity index is 880. The van der Waals surface area contributed by atoms with Crippen LogP contribution in [0, 0.1) is 0 Å². The fraction of sp³-hybridized carbons (Fsp3) is 0.350. The molecule has 3 heterocycles. The maximum absolute atomic E-state index is 12.6. The van der Waals surface area contributed by atoms with Crippen LogP contribution in [0.4, 0.5) is 5.69 Å². The Hall–Kier alpha value is -3.13. The molecule has 1 saturated heterocycles. The number of hydrogen-bond donors (Lipinski definition) is 2. The second kappa shape index (κ2) is 8.26. The van der Waals surface area contributed by atoms with Crippen molar-refractivity contribution < 1.29 is 23.8 Å². The first-order chi connectivity index (χ1) is 13.7. The van der Waals surface area contributed by atoms with Crippen molar-refractivity contribution in [2.75, 3.05) is 31.7 Å². The third kappa shape index (κ3) is 4.23. The van der Waals surface area contributed by atoms with Gasteiger partial charge in [-0.3, -0.25) is 14.6 Å². The molecule has 0 radical (unpaired) electrons. The zero-order chi connectivity index (χ0) is 19.3. The molecular weight excluding hydrogens is 362 g/mol. The van der Waals surface area contributed by atoms with Gasteiger partial charge in [-0.05, 0) is 37.1 Å². The lowest BCUT2D eigenvalue weighted by Crippen LogP contribution is -2.32. The van der Waals surface area contributed by atoms with E-state index in [1.54, 1.807) is 24.3 Å². The number of aromatic nitrogens is 1. The number of hydrogen-bond acceptors (Lipinski definition) is 6. The Kier molecular flexibility index (Phi) is 5.38. The number of rotatable bonds is 5. The van der Waals surface area contributed by atoms with Crippen LogP contribution in [-0.2, 0) is 4.74 Å². The molecule has 1 aromatic carbocycles. The van der Waals surface area contributed by atoms with Crippen LogP contribution >= 0.6 is 0 Å². The highest BCUT2D eigenvalue weighted by Gasteiger charge is 2.18. The van der Waals surface area contributed by atoms with E-state index in [1.165, 1.54) is 12.3 Å². The lowest BCUT2D eigenvalue weighted by molar-refractivity contribution is 0.0853. The number of nitrogens with zero attached hydrogens (tertiary/aromatic N) is 1. The zero-order valence-corrected chi connectivity index (χ0v) is 15.3. The van der Waals surface area contributed by atoms with E-state index in [0.717, 1.165) is 19.4 Å². The summed E-state index contributed by atoms with van der Waals surface area (Å²) in [5, 5.41) is 5.60. The monoisotopic (exact) mass is 383 g/mol. The Morgan fingerprint density at radius 3 is 2.71 bits per heavy atom. The van der Waals surface area contributed by atoms with Gasteiger partial charge in [0.15, 0.2) is 11.5 Å². The first-order valence-electron chi connectivity index (χ1n) is 9.26. The van der Waals surface area contributed by atoms with Crippen LogP contribution in [0.1, 0.15) is 33.7 Å². The maximum Gasteiger partial charge on any atom is 0.269 e. The van der Waals surface area contributed by atoms with Gasteiger partial charge < -0.3 is 24.8 Å². The van der Waals surface area contributed by atoms with E-state index < -0.39 is 0 Å². The van der Waals surface area contributed by atoms with Crippen LogP contribution < -0.4 is 20.1 Å². The molecule has 0 aliphatic carbocycles. The molecule has 2 amide bonds. The Morgan fingerprint density at radius 1 is 1.04 bits per heavy atom. The SMILES string of the molecule is O=C(Nc1ccc2c(c1)OCCO2)c1ccnc(C(=O)NCC2CCCO2)c1. The van der Waals surface area contributed by atoms with Crippen molar-refractivity contribution >= 4 is 17.5 Å². The van der Waals surface area contributed by atoms with Crippen molar-refractivity contribution in [3.63, 3.8) is 0 Å². The van der Waals surface area contributed by atoms with Crippen LogP contribution in [0.5, 0.6) is 11.5 Å². The smallest absolute Gasteiger partial charge is 0.269 e. The number of fused-ring (bicyclic) bond motifs is 1. The number of benzene rings is 1. The number of pyridine rings is 1. The zero-order valence-electron chi connectivity index (χ0n) is 15.3. The predicted octanol–water partition coefficient (Wildman–Crippen LogP) is 2.01. The molecule has 1 fully saturated rings. The fourth-order valence-corrected chi connectivity index (χ4v) is 3.12. The summed E-state index contributed by atoms with van der Waals surface area (Å²) in [6, 6.07) is 8.23. The summed E-state index contributed by atoms with van der Waals surface area (Å²) in [5.74, 6) is 0.572. The number of carbonyl (C=O) groups excluding carboxylic acids is 2. The molecule has 2 aliphatic heterocycles. The first-order valence-corrected chi connectivity index (χ1v) is 9.26. The van der Waals surface area contributed by atoms with Crippen molar-refractivity contribution in [3.05, 3.63) is 47.8 Å². The molecule has 8 nitrogen and oxygen atoms in total. The molecule has 4 rings (SSSR count). The van der Waals surface area contributed by atoms with Crippen molar-refractivity contribution in [1.29, 1.82) is 0 Å². The molecule has 146 valence electrons. The van der Waals surface area contributed by atoms with Gasteiger partial charge >= 0.3 is 0 Å². The molecule has 1 aromatic heterocycles. The van der Waals surface area contributed by atoms with Gasteiger partial charge in [0.05, 0.1) is 6.10 Å². The normalized spacial score (nSPS) is 17.8. The molecule has 8 heteroatoms. The second-order valence-corrected chi connectivity index (χ2v) is 6.59. The summed E-state index contributed by atoms with van der Waals surface area (Å²) in [7, 11) is 0. The average Bonchev–Trinajstić information content (AvgIpc) is 3.25. The van der Waals surface area contributed by atoms with E-state index in [4.69, 9.17) is 14.2 Å². The summed E-state index contributed by atoms with van der Waals surface area (Å²) in [5.41, 5.74) is 1.11. The minimum absolute atomic E-state index is 0.0469. The fourth-order valence-electron chi connectivity index (χ4n) is 3.12. The largest absolute Gasteiger partial charge is 0.486 e. The molecule has 2 N–H and O–H groups in total. The van der Waals surface area contributed by atoms with E-state index in [-0.39, 0.29) is 23.6 Å². The van der Waals surface area contributed by atoms with Crippen LogP contribution in [0.3, 0.4) is 0 Å². The molecule has 1 unspecified atom stereocenters.